The Kier molecular flexibility index (Phi) is 4.38. The zero-order valence-electron chi connectivity index (χ0n) is 12.8. The van der Waals surface area contributed by atoms with Crippen molar-refractivity contribution >= 4 is 23.1 Å². The van der Waals surface area contributed by atoms with Crippen molar-refractivity contribution in [2.75, 3.05) is 25.1 Å². The first kappa shape index (κ1) is 15.0. The summed E-state index contributed by atoms with van der Waals surface area (Å²) in [5.41, 5.74) is 1.60. The monoisotopic (exact) mass is 317 g/mol. The van der Waals surface area contributed by atoms with E-state index in [-0.39, 0.29) is 5.97 Å². The van der Waals surface area contributed by atoms with Crippen LogP contribution >= 0.6 is 11.3 Å². The van der Waals surface area contributed by atoms with Crippen LogP contribution in [-0.2, 0) is 4.74 Å². The van der Waals surface area contributed by atoms with Crippen LogP contribution in [0.2, 0.25) is 0 Å². The zero-order valence-corrected chi connectivity index (χ0v) is 13.6. The maximum absolute atomic E-state index is 11.9. The summed E-state index contributed by atoms with van der Waals surface area (Å²) in [6, 6.07) is 3.53. The lowest BCUT2D eigenvalue weighted by atomic mass is 9.98. The standard InChI is InChI=1S/C16H19N3O2S/c1-11-10-22-15(18-11)12-5-4-8-19(9-12)14-13(16(20)21-2)6-3-7-17-14/h3,6-7,10,12H,4-5,8-9H2,1-2H3/t12-/m1/s1. The third kappa shape index (κ3) is 2.97. The third-order valence-electron chi connectivity index (χ3n) is 3.90. The van der Waals surface area contributed by atoms with Gasteiger partial charge in [0.1, 0.15) is 11.4 Å². The van der Waals surface area contributed by atoms with Gasteiger partial charge in [0.15, 0.2) is 0 Å². The van der Waals surface area contributed by atoms with Crippen molar-refractivity contribution in [3.8, 4) is 0 Å². The van der Waals surface area contributed by atoms with Crippen LogP contribution in [0, 0.1) is 6.92 Å². The van der Waals surface area contributed by atoms with Crippen molar-refractivity contribution in [1.29, 1.82) is 0 Å². The molecule has 1 atom stereocenters. The van der Waals surface area contributed by atoms with Gasteiger partial charge in [-0.1, -0.05) is 0 Å². The molecular weight excluding hydrogens is 298 g/mol. The van der Waals surface area contributed by atoms with E-state index in [0.717, 1.165) is 31.6 Å². The molecule has 1 aliphatic heterocycles. The van der Waals surface area contributed by atoms with E-state index in [0.29, 0.717) is 17.3 Å². The Balaban J connectivity index is 1.85. The van der Waals surface area contributed by atoms with Crippen molar-refractivity contribution in [2.24, 2.45) is 0 Å². The minimum Gasteiger partial charge on any atom is -0.465 e. The van der Waals surface area contributed by atoms with Crippen LogP contribution in [0.25, 0.3) is 0 Å². The molecule has 2 aromatic heterocycles. The van der Waals surface area contributed by atoms with Crippen molar-refractivity contribution in [3.63, 3.8) is 0 Å². The van der Waals surface area contributed by atoms with Gasteiger partial charge in [0, 0.05) is 36.3 Å². The number of hydrogen-bond acceptors (Lipinski definition) is 6. The van der Waals surface area contributed by atoms with Crippen molar-refractivity contribution < 1.29 is 9.53 Å². The van der Waals surface area contributed by atoms with Crippen LogP contribution in [0.15, 0.2) is 23.7 Å². The Labute approximate surface area is 134 Å². The van der Waals surface area contributed by atoms with E-state index in [4.69, 9.17) is 4.74 Å². The quantitative estimate of drug-likeness (QED) is 0.815. The Morgan fingerprint density at radius 3 is 3.09 bits per heavy atom. The summed E-state index contributed by atoms with van der Waals surface area (Å²) in [6.45, 7) is 3.77. The number of aromatic nitrogens is 2. The molecule has 116 valence electrons. The second-order valence-electron chi connectivity index (χ2n) is 5.48. The molecule has 5 nitrogen and oxygen atoms in total. The van der Waals surface area contributed by atoms with Gasteiger partial charge in [-0.25, -0.2) is 14.8 Å². The molecule has 6 heteroatoms. The summed E-state index contributed by atoms with van der Waals surface area (Å²) in [7, 11) is 1.40. The fraction of sp³-hybridized carbons (Fsp3) is 0.438. The summed E-state index contributed by atoms with van der Waals surface area (Å²) in [5.74, 6) is 0.780. The molecule has 1 aliphatic rings. The number of thiazole rings is 1. The Bertz CT molecular complexity index is 671. The SMILES string of the molecule is COC(=O)c1cccnc1N1CCC[C@@H](c2nc(C)cs2)C1. The van der Waals surface area contributed by atoms with E-state index < -0.39 is 0 Å². The number of carbonyl (C=O) groups excluding carboxylic acids is 1. The minimum absolute atomic E-state index is 0.338. The smallest absolute Gasteiger partial charge is 0.341 e. The lowest BCUT2D eigenvalue weighted by Gasteiger charge is -2.33. The summed E-state index contributed by atoms with van der Waals surface area (Å²) in [6.07, 6.45) is 3.92. The van der Waals surface area contributed by atoms with Crippen LogP contribution < -0.4 is 4.90 Å². The van der Waals surface area contributed by atoms with E-state index in [2.05, 4.69) is 20.2 Å². The highest BCUT2D eigenvalue weighted by Crippen LogP contribution is 2.32. The first-order chi connectivity index (χ1) is 10.7. The van der Waals surface area contributed by atoms with Crippen LogP contribution in [0.5, 0.6) is 0 Å². The van der Waals surface area contributed by atoms with E-state index in [1.807, 2.05) is 6.92 Å². The highest BCUT2D eigenvalue weighted by Gasteiger charge is 2.27. The molecule has 0 saturated carbocycles. The average molecular weight is 317 g/mol. The van der Waals surface area contributed by atoms with Gasteiger partial charge in [-0.15, -0.1) is 11.3 Å². The number of piperidine rings is 1. The number of rotatable bonds is 3. The summed E-state index contributed by atoms with van der Waals surface area (Å²) in [4.78, 5) is 23.1. The number of methoxy groups -OCH3 is 1. The second-order valence-corrected chi connectivity index (χ2v) is 6.37. The van der Waals surface area contributed by atoms with E-state index in [9.17, 15) is 4.79 Å². The molecule has 0 aliphatic carbocycles. The van der Waals surface area contributed by atoms with E-state index in [1.54, 1.807) is 29.7 Å². The predicted molar refractivity (Wildman–Crippen MR) is 86.6 cm³/mol. The zero-order chi connectivity index (χ0) is 15.5. The van der Waals surface area contributed by atoms with Crippen LogP contribution in [0.4, 0.5) is 5.82 Å². The van der Waals surface area contributed by atoms with Crippen LogP contribution in [-0.4, -0.2) is 36.1 Å². The number of carbonyl (C=O) groups is 1. The number of ether oxygens (including phenoxy) is 1. The molecule has 3 heterocycles. The number of esters is 1. The summed E-state index contributed by atoms with van der Waals surface area (Å²) >= 11 is 1.72. The first-order valence-corrected chi connectivity index (χ1v) is 8.27. The highest BCUT2D eigenvalue weighted by atomic mass is 32.1. The molecule has 0 bridgehead atoms. The molecule has 3 rings (SSSR count). The van der Waals surface area contributed by atoms with Gasteiger partial charge in [0.2, 0.25) is 0 Å². The van der Waals surface area contributed by atoms with Gasteiger partial charge in [0.05, 0.1) is 12.1 Å². The third-order valence-corrected chi connectivity index (χ3v) is 5.02. The minimum atomic E-state index is -0.338. The molecule has 22 heavy (non-hydrogen) atoms. The molecule has 0 amide bonds. The maximum Gasteiger partial charge on any atom is 0.341 e. The van der Waals surface area contributed by atoms with Gasteiger partial charge in [0.25, 0.3) is 0 Å². The first-order valence-electron chi connectivity index (χ1n) is 7.39. The maximum atomic E-state index is 11.9. The number of pyridine rings is 1. The largest absolute Gasteiger partial charge is 0.465 e. The number of hydrogen-bond donors (Lipinski definition) is 0. The Morgan fingerprint density at radius 1 is 1.50 bits per heavy atom. The average Bonchev–Trinajstić information content (AvgIpc) is 3.01. The summed E-state index contributed by atoms with van der Waals surface area (Å²) < 4.78 is 4.87. The van der Waals surface area contributed by atoms with Crippen molar-refractivity contribution in [3.05, 3.63) is 40.0 Å². The number of aryl methyl sites for hydroxylation is 1. The molecule has 0 N–H and O–H groups in total. The molecule has 0 spiro atoms. The Hall–Kier alpha value is -1.95. The fourth-order valence-corrected chi connectivity index (χ4v) is 3.77. The fourth-order valence-electron chi connectivity index (χ4n) is 2.85. The van der Waals surface area contributed by atoms with Gasteiger partial charge in [-0.2, -0.15) is 0 Å². The van der Waals surface area contributed by atoms with E-state index in [1.165, 1.54) is 12.1 Å². The molecule has 1 saturated heterocycles. The van der Waals surface area contributed by atoms with Crippen LogP contribution in [0.1, 0.15) is 39.8 Å². The van der Waals surface area contributed by atoms with Gasteiger partial charge in [-0.05, 0) is 31.9 Å². The molecule has 2 aromatic rings. The van der Waals surface area contributed by atoms with Crippen LogP contribution in [0.3, 0.4) is 0 Å². The van der Waals surface area contributed by atoms with Gasteiger partial charge < -0.3 is 9.64 Å². The molecule has 0 radical (unpaired) electrons. The highest BCUT2D eigenvalue weighted by molar-refractivity contribution is 7.09. The summed E-state index contributed by atoms with van der Waals surface area (Å²) in [5, 5.41) is 3.27. The topological polar surface area (TPSA) is 55.3 Å². The lowest BCUT2D eigenvalue weighted by molar-refractivity contribution is 0.0601. The molecule has 0 aromatic carbocycles. The second kappa shape index (κ2) is 6.44. The Morgan fingerprint density at radius 2 is 2.36 bits per heavy atom. The van der Waals surface area contributed by atoms with Gasteiger partial charge >= 0.3 is 5.97 Å². The number of nitrogens with zero attached hydrogens (tertiary/aromatic N) is 3. The predicted octanol–water partition coefficient (Wildman–Crippen LogP) is 3.02. The van der Waals surface area contributed by atoms with Crippen molar-refractivity contribution in [2.45, 2.75) is 25.7 Å². The molecule has 1 fully saturated rings. The van der Waals surface area contributed by atoms with E-state index >= 15 is 0 Å². The molecule has 0 unspecified atom stereocenters. The van der Waals surface area contributed by atoms with Crippen molar-refractivity contribution in [1.82, 2.24) is 9.97 Å². The lowest BCUT2D eigenvalue weighted by Crippen LogP contribution is -2.36. The van der Waals surface area contributed by atoms with Gasteiger partial charge in [-0.3, -0.25) is 0 Å². The normalized spacial score (nSPS) is 18.3. The number of anilines is 1. The molecular formula is C16H19N3O2S.